The quantitative estimate of drug-likeness (QED) is 0.755. The molecule has 94 valence electrons. The Morgan fingerprint density at radius 2 is 2.12 bits per heavy atom. The number of hydrogen-bond donors (Lipinski definition) is 2. The summed E-state index contributed by atoms with van der Waals surface area (Å²) in [4.78, 5) is 19.0. The number of nitrogens with zero attached hydrogens (tertiary/aromatic N) is 2. The Bertz CT molecular complexity index is 343. The number of H-pyrrole nitrogens is 1. The Labute approximate surface area is 101 Å². The molecule has 1 aromatic heterocycles. The molecular weight excluding hydrogens is 218 g/mol. The normalized spacial score (nSPS) is 17.4. The van der Waals surface area contributed by atoms with E-state index in [0.29, 0.717) is 13.0 Å². The SMILES string of the molecule is O=C(Cc1cc[nH]c1)N1CCN(CCO)CC1. The van der Waals surface area contributed by atoms with Crippen LogP contribution in [0.3, 0.4) is 0 Å². The van der Waals surface area contributed by atoms with Crippen LogP contribution in [0.25, 0.3) is 0 Å². The zero-order valence-corrected chi connectivity index (χ0v) is 9.93. The van der Waals surface area contributed by atoms with Crippen molar-refractivity contribution in [2.24, 2.45) is 0 Å². The number of aliphatic hydroxyl groups excluding tert-OH is 1. The number of nitrogens with one attached hydrogen (secondary N) is 1. The molecule has 1 amide bonds. The zero-order chi connectivity index (χ0) is 12.1. The van der Waals surface area contributed by atoms with E-state index in [0.717, 1.165) is 31.7 Å². The Morgan fingerprint density at radius 3 is 2.71 bits per heavy atom. The van der Waals surface area contributed by atoms with Crippen molar-refractivity contribution < 1.29 is 9.90 Å². The number of aliphatic hydroxyl groups is 1. The molecule has 1 saturated heterocycles. The van der Waals surface area contributed by atoms with Crippen LogP contribution in [-0.2, 0) is 11.2 Å². The second-order valence-electron chi connectivity index (χ2n) is 4.34. The number of carbonyl (C=O) groups is 1. The van der Waals surface area contributed by atoms with Gasteiger partial charge in [-0.25, -0.2) is 0 Å². The number of amides is 1. The van der Waals surface area contributed by atoms with E-state index >= 15 is 0 Å². The van der Waals surface area contributed by atoms with Crippen molar-refractivity contribution in [2.75, 3.05) is 39.3 Å². The minimum atomic E-state index is 0.188. The van der Waals surface area contributed by atoms with E-state index in [1.807, 2.05) is 23.4 Å². The summed E-state index contributed by atoms with van der Waals surface area (Å²) >= 11 is 0. The predicted molar refractivity (Wildman–Crippen MR) is 64.6 cm³/mol. The fourth-order valence-electron chi connectivity index (χ4n) is 2.12. The van der Waals surface area contributed by atoms with Crippen molar-refractivity contribution in [3.63, 3.8) is 0 Å². The minimum Gasteiger partial charge on any atom is -0.395 e. The molecule has 17 heavy (non-hydrogen) atoms. The Morgan fingerprint density at radius 1 is 1.35 bits per heavy atom. The molecule has 0 bridgehead atoms. The second kappa shape index (κ2) is 5.84. The van der Waals surface area contributed by atoms with Gasteiger partial charge in [-0.05, 0) is 11.6 Å². The lowest BCUT2D eigenvalue weighted by atomic mass is 10.2. The summed E-state index contributed by atoms with van der Waals surface area (Å²) in [7, 11) is 0. The highest BCUT2D eigenvalue weighted by Gasteiger charge is 2.20. The van der Waals surface area contributed by atoms with E-state index in [9.17, 15) is 4.79 Å². The molecule has 2 rings (SSSR count). The lowest BCUT2D eigenvalue weighted by Crippen LogP contribution is -2.49. The summed E-state index contributed by atoms with van der Waals surface area (Å²) in [6, 6.07) is 1.93. The predicted octanol–water partition coefficient (Wildman–Crippen LogP) is -0.306. The molecule has 1 aromatic rings. The monoisotopic (exact) mass is 237 g/mol. The molecule has 5 nitrogen and oxygen atoms in total. The van der Waals surface area contributed by atoms with E-state index in [4.69, 9.17) is 5.11 Å². The molecule has 0 aromatic carbocycles. The zero-order valence-electron chi connectivity index (χ0n) is 9.93. The highest BCUT2D eigenvalue weighted by molar-refractivity contribution is 5.78. The first kappa shape index (κ1) is 12.1. The van der Waals surface area contributed by atoms with Gasteiger partial charge < -0.3 is 15.0 Å². The van der Waals surface area contributed by atoms with Crippen LogP contribution in [0.1, 0.15) is 5.56 Å². The Kier molecular flexibility index (Phi) is 4.17. The van der Waals surface area contributed by atoms with Gasteiger partial charge in [0.05, 0.1) is 13.0 Å². The van der Waals surface area contributed by atoms with Gasteiger partial charge in [0.25, 0.3) is 0 Å². The summed E-state index contributed by atoms with van der Waals surface area (Å²) in [5.74, 6) is 0.188. The molecule has 1 fully saturated rings. The maximum absolute atomic E-state index is 12.0. The van der Waals surface area contributed by atoms with Crippen molar-refractivity contribution in [2.45, 2.75) is 6.42 Å². The highest BCUT2D eigenvalue weighted by Crippen LogP contribution is 2.06. The number of carbonyl (C=O) groups excluding carboxylic acids is 1. The van der Waals surface area contributed by atoms with Crippen LogP contribution in [0.5, 0.6) is 0 Å². The van der Waals surface area contributed by atoms with Gasteiger partial charge in [0.2, 0.25) is 5.91 Å². The summed E-state index contributed by atoms with van der Waals surface area (Å²) in [6.07, 6.45) is 4.17. The largest absolute Gasteiger partial charge is 0.395 e. The van der Waals surface area contributed by atoms with Crippen LogP contribution in [-0.4, -0.2) is 65.1 Å². The van der Waals surface area contributed by atoms with Crippen LogP contribution < -0.4 is 0 Å². The Hall–Kier alpha value is -1.33. The van der Waals surface area contributed by atoms with E-state index in [1.54, 1.807) is 0 Å². The van der Waals surface area contributed by atoms with Crippen molar-refractivity contribution in [1.29, 1.82) is 0 Å². The lowest BCUT2D eigenvalue weighted by molar-refractivity contribution is -0.132. The van der Waals surface area contributed by atoms with E-state index < -0.39 is 0 Å². The van der Waals surface area contributed by atoms with Gasteiger partial charge in [-0.2, -0.15) is 0 Å². The smallest absolute Gasteiger partial charge is 0.227 e. The van der Waals surface area contributed by atoms with Gasteiger partial charge in [0, 0.05) is 45.1 Å². The molecule has 0 aliphatic carbocycles. The fraction of sp³-hybridized carbons (Fsp3) is 0.583. The summed E-state index contributed by atoms with van der Waals surface area (Å²) in [5, 5.41) is 8.84. The molecule has 2 N–H and O–H groups in total. The van der Waals surface area contributed by atoms with Crippen LogP contribution in [0.4, 0.5) is 0 Å². The number of hydrogen-bond acceptors (Lipinski definition) is 3. The second-order valence-corrected chi connectivity index (χ2v) is 4.34. The molecule has 5 heteroatoms. The molecule has 1 aliphatic rings. The van der Waals surface area contributed by atoms with Gasteiger partial charge >= 0.3 is 0 Å². The molecule has 0 spiro atoms. The third kappa shape index (κ3) is 3.31. The molecule has 1 aliphatic heterocycles. The fourth-order valence-corrected chi connectivity index (χ4v) is 2.12. The average molecular weight is 237 g/mol. The highest BCUT2D eigenvalue weighted by atomic mass is 16.3. The molecule has 0 atom stereocenters. The number of rotatable bonds is 4. The number of aromatic amines is 1. The molecule has 0 unspecified atom stereocenters. The van der Waals surface area contributed by atoms with Crippen molar-refractivity contribution in [1.82, 2.24) is 14.8 Å². The number of β-amino-alcohol motifs (C(OH)–C–C–N with tert-alkyl or cyclic N) is 1. The van der Waals surface area contributed by atoms with E-state index in [-0.39, 0.29) is 12.5 Å². The lowest BCUT2D eigenvalue weighted by Gasteiger charge is -2.34. The number of piperazine rings is 1. The van der Waals surface area contributed by atoms with Crippen LogP contribution in [0.2, 0.25) is 0 Å². The summed E-state index contributed by atoms with van der Waals surface area (Å²) in [5.41, 5.74) is 1.03. The number of aromatic nitrogens is 1. The van der Waals surface area contributed by atoms with Gasteiger partial charge in [-0.15, -0.1) is 0 Å². The standard InChI is InChI=1S/C12H19N3O2/c16-8-7-14-3-5-15(6-4-14)12(17)9-11-1-2-13-10-11/h1-2,10,13,16H,3-9H2. The third-order valence-corrected chi connectivity index (χ3v) is 3.16. The van der Waals surface area contributed by atoms with E-state index in [2.05, 4.69) is 9.88 Å². The van der Waals surface area contributed by atoms with E-state index in [1.165, 1.54) is 0 Å². The average Bonchev–Trinajstić information content (AvgIpc) is 2.83. The van der Waals surface area contributed by atoms with Gasteiger partial charge in [0.15, 0.2) is 0 Å². The first-order valence-electron chi connectivity index (χ1n) is 6.02. The van der Waals surface area contributed by atoms with Crippen LogP contribution >= 0.6 is 0 Å². The maximum atomic E-state index is 12.0. The topological polar surface area (TPSA) is 59.6 Å². The summed E-state index contributed by atoms with van der Waals surface area (Å²) in [6.45, 7) is 4.16. The van der Waals surface area contributed by atoms with Gasteiger partial charge in [-0.1, -0.05) is 0 Å². The van der Waals surface area contributed by atoms with Crippen LogP contribution in [0.15, 0.2) is 18.5 Å². The first-order chi connectivity index (χ1) is 8.29. The molecule has 0 radical (unpaired) electrons. The van der Waals surface area contributed by atoms with Gasteiger partial charge in [-0.3, -0.25) is 9.69 Å². The van der Waals surface area contributed by atoms with Crippen molar-refractivity contribution in [3.05, 3.63) is 24.0 Å². The molecule has 2 heterocycles. The Balaban J connectivity index is 1.78. The minimum absolute atomic E-state index is 0.188. The molecule has 0 saturated carbocycles. The van der Waals surface area contributed by atoms with Gasteiger partial charge in [0.1, 0.15) is 0 Å². The first-order valence-corrected chi connectivity index (χ1v) is 6.02. The van der Waals surface area contributed by atoms with Crippen molar-refractivity contribution >= 4 is 5.91 Å². The van der Waals surface area contributed by atoms with Crippen molar-refractivity contribution in [3.8, 4) is 0 Å². The molecular formula is C12H19N3O2. The van der Waals surface area contributed by atoms with Crippen LogP contribution in [0, 0.1) is 0 Å². The maximum Gasteiger partial charge on any atom is 0.227 e. The summed E-state index contributed by atoms with van der Waals surface area (Å²) < 4.78 is 0. The third-order valence-electron chi connectivity index (χ3n) is 3.16.